The Bertz CT molecular complexity index is 1210. The number of aryl methyl sites for hydroxylation is 1. The van der Waals surface area contributed by atoms with Crippen molar-refractivity contribution in [3.8, 4) is 0 Å². The molecule has 0 aromatic carbocycles. The molecule has 2 saturated heterocycles. The van der Waals surface area contributed by atoms with Crippen molar-refractivity contribution in [2.45, 2.75) is 147 Å². The van der Waals surface area contributed by atoms with Crippen molar-refractivity contribution in [2.75, 3.05) is 6.61 Å². The summed E-state index contributed by atoms with van der Waals surface area (Å²) in [5.41, 5.74) is 0.132. The van der Waals surface area contributed by atoms with Crippen molar-refractivity contribution < 1.29 is 54.3 Å². The largest absolute Gasteiger partial charge is 0.388 e. The second-order valence-electron chi connectivity index (χ2n) is 13.0. The van der Waals surface area contributed by atoms with Gasteiger partial charge in [-0.25, -0.2) is 4.68 Å². The van der Waals surface area contributed by atoms with Crippen molar-refractivity contribution in [3.05, 3.63) is 23.8 Å². The van der Waals surface area contributed by atoms with Gasteiger partial charge in [0.05, 0.1) is 49.0 Å². The van der Waals surface area contributed by atoms with Crippen molar-refractivity contribution >= 4 is 0 Å². The summed E-state index contributed by atoms with van der Waals surface area (Å²) in [4.78, 5) is 0. The lowest BCUT2D eigenvalue weighted by atomic mass is 10.0. The topological polar surface area (TPSA) is 229 Å². The van der Waals surface area contributed by atoms with Crippen LogP contribution in [-0.4, -0.2) is 134 Å². The maximum Gasteiger partial charge on any atom is 0.186 e. The maximum atomic E-state index is 10.1. The van der Waals surface area contributed by atoms with Crippen LogP contribution in [0.1, 0.15) is 65.8 Å². The second kappa shape index (κ2) is 14.7. The average molecular weight is 645 g/mol. The Labute approximate surface area is 261 Å². The van der Waals surface area contributed by atoms with Gasteiger partial charge in [-0.2, -0.15) is 0 Å². The first-order valence-electron chi connectivity index (χ1n) is 15.1. The SMILES string of the molecule is CC1OC(OCc2cn(CCC(C)(C)OCCC(C)(C)n3cc(CO[C@@H]4O[C@@H](C)C(O)C(O)C4O)nn3)nn2)C(O)C(O)C1O. The molecule has 10 atom stereocenters. The minimum atomic E-state index is -1.39. The number of hydrogen-bond acceptors (Lipinski definition) is 15. The van der Waals surface area contributed by atoms with Gasteiger partial charge in [0.15, 0.2) is 12.6 Å². The van der Waals surface area contributed by atoms with Crippen LogP contribution in [-0.2, 0) is 49.0 Å². The molecule has 0 aliphatic carbocycles. The van der Waals surface area contributed by atoms with Gasteiger partial charge in [0.1, 0.15) is 48.0 Å². The zero-order valence-corrected chi connectivity index (χ0v) is 26.6. The molecule has 17 heteroatoms. The summed E-state index contributed by atoms with van der Waals surface area (Å²) in [6.07, 6.45) is -6.77. The summed E-state index contributed by atoms with van der Waals surface area (Å²) in [6, 6.07) is 0. The number of aliphatic hydroxyl groups is 6. The summed E-state index contributed by atoms with van der Waals surface area (Å²) >= 11 is 0. The summed E-state index contributed by atoms with van der Waals surface area (Å²) < 4.78 is 31.7. The third kappa shape index (κ3) is 9.01. The molecule has 0 radical (unpaired) electrons. The lowest BCUT2D eigenvalue weighted by molar-refractivity contribution is -0.296. The monoisotopic (exact) mass is 644 g/mol. The molecule has 2 fully saturated rings. The van der Waals surface area contributed by atoms with Crippen LogP contribution in [0.5, 0.6) is 0 Å². The number of hydrogen-bond donors (Lipinski definition) is 6. The van der Waals surface area contributed by atoms with Gasteiger partial charge in [0.25, 0.3) is 0 Å². The molecule has 2 aliphatic rings. The highest BCUT2D eigenvalue weighted by Crippen LogP contribution is 2.25. The minimum absolute atomic E-state index is 0.00419. The van der Waals surface area contributed by atoms with Gasteiger partial charge < -0.3 is 54.3 Å². The van der Waals surface area contributed by atoms with Gasteiger partial charge >= 0.3 is 0 Å². The molecule has 0 spiro atoms. The Morgan fingerprint density at radius 3 is 1.78 bits per heavy atom. The summed E-state index contributed by atoms with van der Waals surface area (Å²) in [5.74, 6) is 0. The van der Waals surface area contributed by atoms with Crippen LogP contribution < -0.4 is 0 Å². The van der Waals surface area contributed by atoms with Crippen LogP contribution in [0.3, 0.4) is 0 Å². The van der Waals surface area contributed by atoms with Crippen LogP contribution in [0.15, 0.2) is 12.4 Å². The fraction of sp³-hybridized carbons (Fsp3) is 0.857. The number of ether oxygens (including phenoxy) is 5. The van der Waals surface area contributed by atoms with E-state index < -0.39 is 72.6 Å². The molecular weight excluding hydrogens is 596 g/mol. The molecule has 256 valence electrons. The van der Waals surface area contributed by atoms with E-state index in [9.17, 15) is 30.6 Å². The Morgan fingerprint density at radius 1 is 0.711 bits per heavy atom. The normalized spacial score (nSPS) is 33.1. The molecule has 8 unspecified atom stereocenters. The van der Waals surface area contributed by atoms with E-state index in [1.165, 1.54) is 0 Å². The van der Waals surface area contributed by atoms with Crippen LogP contribution in [0.2, 0.25) is 0 Å². The van der Waals surface area contributed by atoms with Gasteiger partial charge in [-0.05, 0) is 54.4 Å². The Balaban J connectivity index is 1.18. The van der Waals surface area contributed by atoms with E-state index in [0.29, 0.717) is 37.4 Å². The lowest BCUT2D eigenvalue weighted by Gasteiger charge is -2.38. The predicted molar refractivity (Wildman–Crippen MR) is 153 cm³/mol. The Hall–Kier alpha value is -2.16. The van der Waals surface area contributed by atoms with E-state index in [-0.39, 0.29) is 13.2 Å². The van der Waals surface area contributed by atoms with E-state index in [2.05, 4.69) is 20.6 Å². The first-order chi connectivity index (χ1) is 21.1. The smallest absolute Gasteiger partial charge is 0.186 e. The van der Waals surface area contributed by atoms with E-state index in [1.807, 2.05) is 27.7 Å². The van der Waals surface area contributed by atoms with E-state index >= 15 is 0 Å². The summed E-state index contributed by atoms with van der Waals surface area (Å²) in [5, 5.41) is 76.4. The third-order valence-corrected chi connectivity index (χ3v) is 8.30. The highest BCUT2D eigenvalue weighted by molar-refractivity contribution is 4.95. The van der Waals surface area contributed by atoms with Crippen LogP contribution in [0, 0.1) is 0 Å². The average Bonchev–Trinajstić information content (AvgIpc) is 3.66. The van der Waals surface area contributed by atoms with E-state index in [4.69, 9.17) is 23.7 Å². The fourth-order valence-corrected chi connectivity index (χ4v) is 4.96. The van der Waals surface area contributed by atoms with Gasteiger partial charge in [-0.3, -0.25) is 4.68 Å². The van der Waals surface area contributed by atoms with Crippen LogP contribution in [0.25, 0.3) is 0 Å². The molecule has 0 saturated carbocycles. The standard InChI is InChI=1S/C28H48N6O11/c1-15-19(35)21(37)23(39)25(44-15)41-13-17-11-33(31-29-17)9-7-28(5,6)43-10-8-27(3,4)34-12-18(30-32-34)14-42-26-24(40)22(38)20(36)16(2)45-26/h11-12,15-16,19-26,35-40H,7-10,13-14H2,1-6H3/t15?,16-,19?,20?,21?,22?,23?,24?,25?,26+/m0/s1. The second-order valence-corrected chi connectivity index (χ2v) is 13.0. The molecule has 2 aromatic heterocycles. The molecule has 2 aliphatic heterocycles. The van der Waals surface area contributed by atoms with Crippen molar-refractivity contribution in [2.24, 2.45) is 0 Å². The number of aromatic nitrogens is 6. The summed E-state index contributed by atoms with van der Waals surface area (Å²) in [7, 11) is 0. The molecule has 45 heavy (non-hydrogen) atoms. The maximum absolute atomic E-state index is 10.1. The zero-order chi connectivity index (χ0) is 33.1. The Kier molecular flexibility index (Phi) is 11.7. The van der Waals surface area contributed by atoms with Crippen LogP contribution in [0.4, 0.5) is 0 Å². The highest BCUT2D eigenvalue weighted by atomic mass is 16.7. The van der Waals surface area contributed by atoms with Crippen LogP contribution >= 0.6 is 0 Å². The molecule has 2 aromatic rings. The van der Waals surface area contributed by atoms with Gasteiger partial charge in [-0.1, -0.05) is 10.4 Å². The number of aliphatic hydroxyl groups excluding tert-OH is 6. The van der Waals surface area contributed by atoms with Crippen molar-refractivity contribution in [1.29, 1.82) is 0 Å². The van der Waals surface area contributed by atoms with Gasteiger partial charge in [0.2, 0.25) is 0 Å². The van der Waals surface area contributed by atoms with Crippen molar-refractivity contribution in [3.63, 3.8) is 0 Å². The predicted octanol–water partition coefficient (Wildman–Crippen LogP) is -1.43. The van der Waals surface area contributed by atoms with Gasteiger partial charge in [0, 0.05) is 13.2 Å². The lowest BCUT2D eigenvalue weighted by Crippen LogP contribution is -2.57. The molecular formula is C28H48N6O11. The number of nitrogens with zero attached hydrogens (tertiary/aromatic N) is 6. The molecule has 4 heterocycles. The molecule has 0 amide bonds. The van der Waals surface area contributed by atoms with E-state index in [0.717, 1.165) is 0 Å². The first-order valence-corrected chi connectivity index (χ1v) is 15.1. The Morgan fingerprint density at radius 2 is 1.22 bits per heavy atom. The summed E-state index contributed by atoms with van der Waals surface area (Å²) in [6.45, 7) is 12.2. The highest BCUT2D eigenvalue weighted by Gasteiger charge is 2.43. The third-order valence-electron chi connectivity index (χ3n) is 8.30. The fourth-order valence-electron chi connectivity index (χ4n) is 4.96. The number of rotatable bonds is 14. The van der Waals surface area contributed by atoms with Crippen molar-refractivity contribution in [1.82, 2.24) is 30.0 Å². The molecule has 6 N–H and O–H groups in total. The minimum Gasteiger partial charge on any atom is -0.388 e. The van der Waals surface area contributed by atoms with Gasteiger partial charge in [-0.15, -0.1) is 10.2 Å². The first kappa shape index (κ1) is 35.7. The zero-order valence-electron chi connectivity index (χ0n) is 26.6. The molecule has 17 nitrogen and oxygen atoms in total. The molecule has 0 bridgehead atoms. The van der Waals surface area contributed by atoms with E-state index in [1.54, 1.807) is 35.6 Å². The quantitative estimate of drug-likeness (QED) is 0.138. The molecule has 4 rings (SSSR count).